The minimum atomic E-state index is -4.41. The summed E-state index contributed by atoms with van der Waals surface area (Å²) in [7, 11) is -4.41. The lowest BCUT2D eigenvalue weighted by atomic mass is 10.0. The summed E-state index contributed by atoms with van der Waals surface area (Å²) in [5.74, 6) is -0.901. The van der Waals surface area contributed by atoms with Crippen LogP contribution >= 0.6 is 7.82 Å². The van der Waals surface area contributed by atoms with E-state index in [1.54, 1.807) is 0 Å². The Morgan fingerprint density at radius 3 is 1.28 bits per heavy atom. The van der Waals surface area contributed by atoms with Crippen LogP contribution in [0.4, 0.5) is 0 Å². The molecule has 0 aromatic carbocycles. The summed E-state index contributed by atoms with van der Waals surface area (Å²) in [6.07, 6.45) is 68.9. The van der Waals surface area contributed by atoms with Crippen LogP contribution in [0.15, 0.2) is 97.2 Å². The van der Waals surface area contributed by atoms with Crippen LogP contribution in [0.2, 0.25) is 0 Å². The molecule has 0 rings (SSSR count). The molecule has 0 saturated carbocycles. The first-order valence-electron chi connectivity index (χ1n) is 26.7. The van der Waals surface area contributed by atoms with Gasteiger partial charge in [-0.25, -0.2) is 4.57 Å². The van der Waals surface area contributed by atoms with Crippen LogP contribution in [0.25, 0.3) is 0 Å². The number of phosphoric acid groups is 1. The number of unbranched alkanes of at least 4 members (excludes halogenated alkanes) is 20. The van der Waals surface area contributed by atoms with Gasteiger partial charge in [0, 0.05) is 19.4 Å². The van der Waals surface area contributed by atoms with Crippen LogP contribution in [0, 0.1) is 0 Å². The molecule has 0 spiro atoms. The number of hydrogen-bond acceptors (Lipinski definition) is 8. The number of carbonyl (C=O) groups excluding carboxylic acids is 2. The van der Waals surface area contributed by atoms with E-state index in [-0.39, 0.29) is 32.6 Å². The molecule has 0 aromatic rings. The van der Waals surface area contributed by atoms with Crippen molar-refractivity contribution in [3.8, 4) is 0 Å². The second-order valence-corrected chi connectivity index (χ2v) is 18.8. The second-order valence-electron chi connectivity index (χ2n) is 17.4. The van der Waals surface area contributed by atoms with Gasteiger partial charge in [0.15, 0.2) is 6.10 Å². The predicted octanol–water partition coefficient (Wildman–Crippen LogP) is 16.5. The first kappa shape index (κ1) is 63.9. The quantitative estimate of drug-likeness (QED) is 0.0264. The monoisotopic (exact) mass is 956 g/mol. The largest absolute Gasteiger partial charge is 0.472 e. The Balaban J connectivity index is 4.14. The van der Waals surface area contributed by atoms with Gasteiger partial charge in [-0.15, -0.1) is 0 Å². The maximum absolute atomic E-state index is 12.6. The van der Waals surface area contributed by atoms with Crippen molar-refractivity contribution < 1.29 is 37.6 Å². The molecule has 0 saturated heterocycles. The summed E-state index contributed by atoms with van der Waals surface area (Å²) in [4.78, 5) is 35.1. The number of hydrogen-bond donors (Lipinski definition) is 2. The molecule has 2 atom stereocenters. The van der Waals surface area contributed by atoms with E-state index in [4.69, 9.17) is 24.3 Å². The van der Waals surface area contributed by atoms with E-state index < -0.39 is 32.5 Å². The van der Waals surface area contributed by atoms with Gasteiger partial charge in [0.25, 0.3) is 0 Å². The Hall–Kier alpha value is -3.07. The molecule has 0 aromatic heterocycles. The van der Waals surface area contributed by atoms with E-state index in [1.807, 2.05) is 6.08 Å². The van der Waals surface area contributed by atoms with Crippen molar-refractivity contribution in [3.05, 3.63) is 97.2 Å². The molecule has 67 heavy (non-hydrogen) atoms. The summed E-state index contributed by atoms with van der Waals surface area (Å²) < 4.78 is 32.9. The first-order chi connectivity index (χ1) is 32.8. The molecule has 3 N–H and O–H groups in total. The second kappa shape index (κ2) is 52.3. The standard InChI is InChI=1S/C57H98NO8P/c1-3-5-7-9-11-13-15-17-19-21-23-25-27-29-31-33-35-37-39-41-43-45-47-49-56(59)63-53-55(54-65-67(61,62)64-52-51-58)66-57(60)50-48-46-44-42-40-38-36-34-32-30-28-26-24-22-20-18-16-14-12-10-8-6-4-2/h6,8,12,14,18,20-21,23-24,26,30,32,36,38,42,44,55H,3-5,7,9-11,13,15-17,19,22,25,27-29,31,33-35,37,39-41,43,45-54,58H2,1-2H3,(H,61,62)/b8-6-,14-12-,20-18-,23-21-,26-24-,32-30-,38-36-,44-42-. The van der Waals surface area contributed by atoms with E-state index in [9.17, 15) is 19.0 Å². The van der Waals surface area contributed by atoms with E-state index in [2.05, 4.69) is 105 Å². The molecule has 0 fully saturated rings. The minimum absolute atomic E-state index is 0.0394. The number of carbonyl (C=O) groups is 2. The Bertz CT molecular complexity index is 1410. The third-order valence-electron chi connectivity index (χ3n) is 11.0. The maximum Gasteiger partial charge on any atom is 0.472 e. The van der Waals surface area contributed by atoms with Crippen molar-refractivity contribution in [1.82, 2.24) is 0 Å². The van der Waals surface area contributed by atoms with E-state index in [0.717, 1.165) is 64.2 Å². The van der Waals surface area contributed by atoms with Gasteiger partial charge in [0.1, 0.15) is 6.61 Å². The molecule has 2 unspecified atom stereocenters. The third kappa shape index (κ3) is 52.2. The van der Waals surface area contributed by atoms with Crippen LogP contribution < -0.4 is 5.73 Å². The van der Waals surface area contributed by atoms with Gasteiger partial charge in [-0.05, 0) is 89.9 Å². The van der Waals surface area contributed by atoms with Crippen LogP contribution in [0.1, 0.15) is 219 Å². The van der Waals surface area contributed by atoms with Gasteiger partial charge < -0.3 is 20.1 Å². The highest BCUT2D eigenvalue weighted by molar-refractivity contribution is 7.47. The minimum Gasteiger partial charge on any atom is -0.462 e. The smallest absolute Gasteiger partial charge is 0.462 e. The Morgan fingerprint density at radius 1 is 0.463 bits per heavy atom. The number of nitrogens with two attached hydrogens (primary N) is 1. The number of ether oxygens (including phenoxy) is 2. The number of esters is 2. The first-order valence-corrected chi connectivity index (χ1v) is 28.2. The normalized spacial score (nSPS) is 13.9. The molecule has 0 radical (unpaired) electrons. The molecule has 0 aliphatic carbocycles. The fourth-order valence-electron chi connectivity index (χ4n) is 7.03. The topological polar surface area (TPSA) is 134 Å². The highest BCUT2D eigenvalue weighted by Crippen LogP contribution is 2.43. The number of phosphoric ester groups is 1. The number of rotatable bonds is 49. The molecular formula is C57H98NO8P. The van der Waals surface area contributed by atoms with Crippen LogP contribution in [-0.4, -0.2) is 49.3 Å². The van der Waals surface area contributed by atoms with Gasteiger partial charge in [-0.1, -0.05) is 214 Å². The maximum atomic E-state index is 12.6. The Kier molecular flexibility index (Phi) is 49.9. The summed E-state index contributed by atoms with van der Waals surface area (Å²) in [6.45, 7) is 3.56. The SMILES string of the molecule is CC/C=C\C/C=C\C/C=C\C/C=C\C/C=C\C/C=C\C/C=C\CCCC(=O)OC(COC(=O)CCCCCCCCCCCCC/C=C\CCCCCCCCCC)COP(=O)(O)OCCN. The highest BCUT2D eigenvalue weighted by atomic mass is 31.2. The lowest BCUT2D eigenvalue weighted by Gasteiger charge is -2.19. The van der Waals surface area contributed by atoms with Crippen molar-refractivity contribution in [3.63, 3.8) is 0 Å². The average molecular weight is 956 g/mol. The summed E-state index contributed by atoms with van der Waals surface area (Å²) in [6, 6.07) is 0. The van der Waals surface area contributed by atoms with Crippen molar-refractivity contribution in [2.45, 2.75) is 225 Å². The Labute approximate surface area is 410 Å². The lowest BCUT2D eigenvalue weighted by Crippen LogP contribution is -2.29. The highest BCUT2D eigenvalue weighted by Gasteiger charge is 2.26. The molecule has 0 amide bonds. The van der Waals surface area contributed by atoms with Crippen LogP contribution in [0.3, 0.4) is 0 Å². The molecule has 0 heterocycles. The summed E-state index contributed by atoms with van der Waals surface area (Å²) in [5, 5.41) is 0. The van der Waals surface area contributed by atoms with Crippen molar-refractivity contribution >= 4 is 19.8 Å². The average Bonchev–Trinajstić information content (AvgIpc) is 3.32. The zero-order valence-corrected chi connectivity index (χ0v) is 43.5. The third-order valence-corrected chi connectivity index (χ3v) is 11.9. The Morgan fingerprint density at radius 2 is 0.836 bits per heavy atom. The molecule has 9 nitrogen and oxygen atoms in total. The van der Waals surface area contributed by atoms with Crippen molar-refractivity contribution in [1.29, 1.82) is 0 Å². The molecule has 0 aliphatic heterocycles. The summed E-state index contributed by atoms with van der Waals surface area (Å²) >= 11 is 0. The van der Waals surface area contributed by atoms with E-state index in [0.29, 0.717) is 12.8 Å². The molecule has 10 heteroatoms. The van der Waals surface area contributed by atoms with Gasteiger partial charge in [-0.2, -0.15) is 0 Å². The summed E-state index contributed by atoms with van der Waals surface area (Å²) in [5.41, 5.74) is 5.37. The lowest BCUT2D eigenvalue weighted by molar-refractivity contribution is -0.161. The zero-order valence-electron chi connectivity index (χ0n) is 42.6. The molecule has 0 aliphatic rings. The fraction of sp³-hybridized carbons (Fsp3) is 0.684. The molecule has 0 bridgehead atoms. The zero-order chi connectivity index (χ0) is 48.8. The number of allylic oxidation sites excluding steroid dienone is 16. The van der Waals surface area contributed by atoms with Crippen LogP contribution in [-0.2, 0) is 32.7 Å². The molecular weight excluding hydrogens is 858 g/mol. The fourth-order valence-corrected chi connectivity index (χ4v) is 7.80. The van der Waals surface area contributed by atoms with Gasteiger partial charge in [0.05, 0.1) is 13.2 Å². The van der Waals surface area contributed by atoms with Crippen LogP contribution in [0.5, 0.6) is 0 Å². The van der Waals surface area contributed by atoms with E-state index >= 15 is 0 Å². The van der Waals surface area contributed by atoms with Gasteiger partial charge in [0.2, 0.25) is 0 Å². The van der Waals surface area contributed by atoms with Crippen molar-refractivity contribution in [2.75, 3.05) is 26.4 Å². The van der Waals surface area contributed by atoms with Gasteiger partial charge >= 0.3 is 19.8 Å². The van der Waals surface area contributed by atoms with Crippen molar-refractivity contribution in [2.24, 2.45) is 5.73 Å². The van der Waals surface area contributed by atoms with Gasteiger partial charge in [-0.3, -0.25) is 18.6 Å². The molecule has 384 valence electrons. The van der Waals surface area contributed by atoms with E-state index in [1.165, 1.54) is 116 Å². The predicted molar refractivity (Wildman–Crippen MR) is 284 cm³/mol.